The second-order valence-electron chi connectivity index (χ2n) is 5.30. The highest BCUT2D eigenvalue weighted by Crippen LogP contribution is 2.33. The summed E-state index contributed by atoms with van der Waals surface area (Å²) in [5.41, 5.74) is 12.9. The van der Waals surface area contributed by atoms with E-state index in [4.69, 9.17) is 16.2 Å². The third-order valence-electron chi connectivity index (χ3n) is 3.18. The molecule has 1 amide bonds. The Kier molecular flexibility index (Phi) is 4.35. The van der Waals surface area contributed by atoms with Gasteiger partial charge in [0.1, 0.15) is 5.75 Å². The number of nitrogens with two attached hydrogens (primary N) is 2. The molecule has 1 unspecified atom stereocenters. The highest BCUT2D eigenvalue weighted by molar-refractivity contribution is 5.80. The fourth-order valence-corrected chi connectivity index (χ4v) is 1.90. The van der Waals surface area contributed by atoms with Gasteiger partial charge in [0.15, 0.2) is 0 Å². The minimum Gasteiger partial charge on any atom is -0.496 e. The largest absolute Gasteiger partial charge is 0.496 e. The summed E-state index contributed by atoms with van der Waals surface area (Å²) in [6, 6.07) is 5.57. The quantitative estimate of drug-likeness (QED) is 0.837. The Balaban J connectivity index is 3.00. The lowest BCUT2D eigenvalue weighted by atomic mass is 9.83. The normalized spacial score (nSPS) is 13.2. The summed E-state index contributed by atoms with van der Waals surface area (Å²) in [6.45, 7) is 5.60. The average molecular weight is 250 g/mol. The SMILES string of the molecule is COc1ccc(C)cc1C(N)CC(C)(C)C(N)=O. The summed E-state index contributed by atoms with van der Waals surface area (Å²) in [5, 5.41) is 0. The average Bonchev–Trinajstić information content (AvgIpc) is 2.28. The predicted molar refractivity (Wildman–Crippen MR) is 72.3 cm³/mol. The van der Waals surface area contributed by atoms with Gasteiger partial charge < -0.3 is 16.2 Å². The van der Waals surface area contributed by atoms with Gasteiger partial charge in [0, 0.05) is 17.0 Å². The molecule has 0 aromatic heterocycles. The van der Waals surface area contributed by atoms with Crippen LogP contribution in [0.15, 0.2) is 18.2 Å². The molecule has 0 aliphatic heterocycles. The molecule has 0 aliphatic carbocycles. The van der Waals surface area contributed by atoms with Crippen LogP contribution in [0.5, 0.6) is 5.75 Å². The van der Waals surface area contributed by atoms with E-state index in [0.717, 1.165) is 16.9 Å². The first-order valence-electron chi connectivity index (χ1n) is 5.98. The Morgan fingerprint density at radius 3 is 2.56 bits per heavy atom. The van der Waals surface area contributed by atoms with E-state index in [1.807, 2.05) is 25.1 Å². The summed E-state index contributed by atoms with van der Waals surface area (Å²) in [6.07, 6.45) is 0.488. The molecule has 0 saturated carbocycles. The minimum absolute atomic E-state index is 0.276. The van der Waals surface area contributed by atoms with E-state index in [9.17, 15) is 4.79 Å². The number of hydrogen-bond acceptors (Lipinski definition) is 3. The number of amides is 1. The van der Waals surface area contributed by atoms with Crippen LogP contribution in [-0.4, -0.2) is 13.0 Å². The van der Waals surface area contributed by atoms with E-state index in [-0.39, 0.29) is 11.9 Å². The second kappa shape index (κ2) is 5.40. The molecule has 0 saturated heterocycles. The zero-order chi connectivity index (χ0) is 13.9. The molecule has 0 heterocycles. The van der Waals surface area contributed by atoms with Crippen molar-refractivity contribution in [3.63, 3.8) is 0 Å². The smallest absolute Gasteiger partial charge is 0.223 e. The monoisotopic (exact) mass is 250 g/mol. The van der Waals surface area contributed by atoms with Crippen LogP contribution in [0.25, 0.3) is 0 Å². The molecule has 0 bridgehead atoms. The molecule has 0 spiro atoms. The maximum Gasteiger partial charge on any atom is 0.223 e. The lowest BCUT2D eigenvalue weighted by molar-refractivity contribution is -0.126. The molecule has 4 nitrogen and oxygen atoms in total. The first-order valence-corrected chi connectivity index (χ1v) is 5.98. The summed E-state index contributed by atoms with van der Waals surface area (Å²) < 4.78 is 5.30. The van der Waals surface area contributed by atoms with Gasteiger partial charge in [-0.2, -0.15) is 0 Å². The van der Waals surface area contributed by atoms with Crippen LogP contribution in [0.1, 0.15) is 37.4 Å². The van der Waals surface area contributed by atoms with Crippen LogP contribution >= 0.6 is 0 Å². The molecule has 1 aromatic rings. The molecule has 1 atom stereocenters. The van der Waals surface area contributed by atoms with Crippen LogP contribution in [-0.2, 0) is 4.79 Å². The van der Waals surface area contributed by atoms with Crippen LogP contribution in [0.2, 0.25) is 0 Å². The van der Waals surface area contributed by atoms with Crippen LogP contribution in [0.4, 0.5) is 0 Å². The van der Waals surface area contributed by atoms with Gasteiger partial charge >= 0.3 is 0 Å². The van der Waals surface area contributed by atoms with Crippen molar-refractivity contribution in [3.8, 4) is 5.75 Å². The Hall–Kier alpha value is -1.55. The molecule has 0 fully saturated rings. The molecule has 4 heteroatoms. The summed E-state index contributed by atoms with van der Waals surface area (Å²) in [7, 11) is 1.61. The van der Waals surface area contributed by atoms with Crippen LogP contribution in [0.3, 0.4) is 0 Å². The number of carbonyl (C=O) groups excluding carboxylic acids is 1. The van der Waals surface area contributed by atoms with E-state index in [1.54, 1.807) is 21.0 Å². The van der Waals surface area contributed by atoms with Crippen molar-refractivity contribution >= 4 is 5.91 Å². The van der Waals surface area contributed by atoms with Crippen molar-refractivity contribution in [2.24, 2.45) is 16.9 Å². The van der Waals surface area contributed by atoms with Crippen molar-refractivity contribution < 1.29 is 9.53 Å². The molecule has 100 valence electrons. The zero-order valence-corrected chi connectivity index (χ0v) is 11.5. The van der Waals surface area contributed by atoms with E-state index in [0.29, 0.717) is 6.42 Å². The van der Waals surface area contributed by atoms with Gasteiger partial charge in [-0.3, -0.25) is 4.79 Å². The van der Waals surface area contributed by atoms with E-state index < -0.39 is 5.41 Å². The third kappa shape index (κ3) is 3.23. The van der Waals surface area contributed by atoms with Gasteiger partial charge in [-0.05, 0) is 19.4 Å². The first-order chi connectivity index (χ1) is 8.27. The van der Waals surface area contributed by atoms with E-state index in [2.05, 4.69) is 0 Å². The van der Waals surface area contributed by atoms with Crippen molar-refractivity contribution in [2.75, 3.05) is 7.11 Å². The number of aryl methyl sites for hydroxylation is 1. The summed E-state index contributed by atoms with van der Waals surface area (Å²) in [4.78, 5) is 11.3. The maximum absolute atomic E-state index is 11.3. The number of methoxy groups -OCH3 is 1. The molecular formula is C14H22N2O2. The molecule has 4 N–H and O–H groups in total. The summed E-state index contributed by atoms with van der Waals surface area (Å²) in [5.74, 6) is 0.401. The number of hydrogen-bond donors (Lipinski definition) is 2. The summed E-state index contributed by atoms with van der Waals surface area (Å²) >= 11 is 0. The number of primary amides is 1. The number of ether oxygens (including phenoxy) is 1. The molecule has 0 radical (unpaired) electrons. The number of benzene rings is 1. The molecule has 1 aromatic carbocycles. The van der Waals surface area contributed by atoms with Crippen LogP contribution in [0, 0.1) is 12.3 Å². The predicted octanol–water partition coefficient (Wildman–Crippen LogP) is 1.91. The fourth-order valence-electron chi connectivity index (χ4n) is 1.90. The topological polar surface area (TPSA) is 78.3 Å². The van der Waals surface area contributed by atoms with Gasteiger partial charge in [-0.15, -0.1) is 0 Å². The third-order valence-corrected chi connectivity index (χ3v) is 3.18. The Morgan fingerprint density at radius 1 is 1.44 bits per heavy atom. The van der Waals surface area contributed by atoms with Gasteiger partial charge in [0.25, 0.3) is 0 Å². The highest BCUT2D eigenvalue weighted by atomic mass is 16.5. The van der Waals surface area contributed by atoms with E-state index >= 15 is 0 Å². The van der Waals surface area contributed by atoms with Crippen molar-refractivity contribution in [1.82, 2.24) is 0 Å². The van der Waals surface area contributed by atoms with Crippen LogP contribution < -0.4 is 16.2 Å². The molecule has 0 aliphatic rings. The standard InChI is InChI=1S/C14H22N2O2/c1-9-5-6-12(18-4)10(7-9)11(15)8-14(2,3)13(16)17/h5-7,11H,8,15H2,1-4H3,(H2,16,17). The fraction of sp³-hybridized carbons (Fsp3) is 0.500. The maximum atomic E-state index is 11.3. The minimum atomic E-state index is -0.631. The lowest BCUT2D eigenvalue weighted by Gasteiger charge is -2.25. The van der Waals surface area contributed by atoms with Crippen molar-refractivity contribution in [1.29, 1.82) is 0 Å². The van der Waals surface area contributed by atoms with Gasteiger partial charge in [-0.25, -0.2) is 0 Å². The van der Waals surface area contributed by atoms with Gasteiger partial charge in [0.2, 0.25) is 5.91 Å². The number of rotatable bonds is 5. The Bertz CT molecular complexity index is 441. The lowest BCUT2D eigenvalue weighted by Crippen LogP contribution is -2.34. The van der Waals surface area contributed by atoms with Crippen molar-refractivity contribution in [2.45, 2.75) is 33.2 Å². The van der Waals surface area contributed by atoms with Gasteiger partial charge in [-0.1, -0.05) is 31.5 Å². The first kappa shape index (κ1) is 14.5. The Labute approximate surface area is 108 Å². The van der Waals surface area contributed by atoms with Crippen molar-refractivity contribution in [3.05, 3.63) is 29.3 Å². The Morgan fingerprint density at radius 2 is 2.06 bits per heavy atom. The zero-order valence-electron chi connectivity index (χ0n) is 11.5. The highest BCUT2D eigenvalue weighted by Gasteiger charge is 2.29. The number of carbonyl (C=O) groups is 1. The molecule has 1 rings (SSSR count). The molecular weight excluding hydrogens is 228 g/mol. The van der Waals surface area contributed by atoms with E-state index in [1.165, 1.54) is 0 Å². The molecule has 18 heavy (non-hydrogen) atoms. The second-order valence-corrected chi connectivity index (χ2v) is 5.30. The van der Waals surface area contributed by atoms with Gasteiger partial charge in [0.05, 0.1) is 7.11 Å².